The van der Waals surface area contributed by atoms with E-state index in [-0.39, 0.29) is 5.56 Å². The van der Waals surface area contributed by atoms with E-state index in [0.717, 1.165) is 35.5 Å². The SMILES string of the molecule is COc1ccc(C)c2sc(N(CCN3CCOCC3)C(=O)c3ccc(F)c(F)c3)nc12. The molecule has 0 unspecified atom stereocenters. The molecule has 9 heteroatoms. The van der Waals surface area contributed by atoms with Crippen molar-refractivity contribution in [1.82, 2.24) is 9.88 Å². The second-order valence-corrected chi connectivity index (χ2v) is 8.28. The van der Waals surface area contributed by atoms with Crippen molar-refractivity contribution in [2.75, 3.05) is 51.4 Å². The molecule has 2 heterocycles. The van der Waals surface area contributed by atoms with Crippen LogP contribution >= 0.6 is 11.3 Å². The summed E-state index contributed by atoms with van der Waals surface area (Å²) in [6.45, 7) is 5.80. The highest BCUT2D eigenvalue weighted by molar-refractivity contribution is 7.22. The highest BCUT2D eigenvalue weighted by atomic mass is 32.1. The second kappa shape index (κ2) is 9.25. The van der Waals surface area contributed by atoms with Gasteiger partial charge in [-0.05, 0) is 36.8 Å². The zero-order valence-electron chi connectivity index (χ0n) is 17.4. The molecule has 0 spiro atoms. The van der Waals surface area contributed by atoms with E-state index >= 15 is 0 Å². The number of rotatable bonds is 6. The van der Waals surface area contributed by atoms with Crippen LogP contribution < -0.4 is 9.64 Å². The van der Waals surface area contributed by atoms with Crippen LogP contribution in [-0.4, -0.2) is 62.3 Å². The van der Waals surface area contributed by atoms with Crippen LogP contribution in [0.15, 0.2) is 30.3 Å². The predicted molar refractivity (Wildman–Crippen MR) is 116 cm³/mol. The Morgan fingerprint density at radius 1 is 1.23 bits per heavy atom. The molecule has 1 fully saturated rings. The van der Waals surface area contributed by atoms with Crippen molar-refractivity contribution in [3.63, 3.8) is 0 Å². The molecular formula is C22H23F2N3O3S. The smallest absolute Gasteiger partial charge is 0.260 e. The molecule has 1 aliphatic heterocycles. The van der Waals surface area contributed by atoms with E-state index in [4.69, 9.17) is 9.47 Å². The van der Waals surface area contributed by atoms with Crippen LogP contribution in [0.4, 0.5) is 13.9 Å². The van der Waals surface area contributed by atoms with Crippen LogP contribution in [0.3, 0.4) is 0 Å². The van der Waals surface area contributed by atoms with E-state index in [1.807, 2.05) is 19.1 Å². The number of thiazole rings is 1. The van der Waals surface area contributed by atoms with E-state index in [9.17, 15) is 13.6 Å². The molecule has 0 saturated carbocycles. The number of nitrogens with zero attached hydrogens (tertiary/aromatic N) is 3. The molecule has 4 rings (SSSR count). The molecule has 1 aromatic heterocycles. The van der Waals surface area contributed by atoms with Gasteiger partial charge in [-0.25, -0.2) is 13.8 Å². The summed E-state index contributed by atoms with van der Waals surface area (Å²) in [5.74, 6) is -1.85. The number of carbonyl (C=O) groups excluding carboxylic acids is 1. The largest absolute Gasteiger partial charge is 0.494 e. The first kappa shape index (κ1) is 21.6. The van der Waals surface area contributed by atoms with Gasteiger partial charge in [0.2, 0.25) is 0 Å². The van der Waals surface area contributed by atoms with Gasteiger partial charge in [0, 0.05) is 31.7 Å². The average Bonchev–Trinajstić information content (AvgIpc) is 3.23. The first-order chi connectivity index (χ1) is 15.0. The van der Waals surface area contributed by atoms with E-state index in [1.54, 1.807) is 7.11 Å². The molecule has 1 saturated heterocycles. The van der Waals surface area contributed by atoms with Crippen molar-refractivity contribution in [1.29, 1.82) is 0 Å². The van der Waals surface area contributed by atoms with Crippen LogP contribution in [-0.2, 0) is 4.74 Å². The topological polar surface area (TPSA) is 54.9 Å². The summed E-state index contributed by atoms with van der Waals surface area (Å²) < 4.78 is 38.9. The molecule has 1 aliphatic rings. The minimum atomic E-state index is -1.05. The van der Waals surface area contributed by atoms with E-state index in [0.29, 0.717) is 42.7 Å². The molecule has 0 radical (unpaired) electrons. The summed E-state index contributed by atoms with van der Waals surface area (Å²) in [4.78, 5) is 21.7. The monoisotopic (exact) mass is 447 g/mol. The first-order valence-electron chi connectivity index (χ1n) is 9.99. The van der Waals surface area contributed by atoms with Gasteiger partial charge >= 0.3 is 0 Å². The lowest BCUT2D eigenvalue weighted by molar-refractivity contribution is 0.0391. The lowest BCUT2D eigenvalue weighted by Crippen LogP contribution is -2.43. The van der Waals surface area contributed by atoms with Crippen molar-refractivity contribution in [3.8, 4) is 5.75 Å². The molecule has 2 aromatic carbocycles. The van der Waals surface area contributed by atoms with Gasteiger partial charge in [0.1, 0.15) is 11.3 Å². The van der Waals surface area contributed by atoms with Crippen LogP contribution in [0.5, 0.6) is 5.75 Å². The van der Waals surface area contributed by atoms with E-state index in [1.165, 1.54) is 22.3 Å². The highest BCUT2D eigenvalue weighted by Gasteiger charge is 2.25. The number of methoxy groups -OCH3 is 1. The first-order valence-corrected chi connectivity index (χ1v) is 10.8. The number of morpholine rings is 1. The molecule has 0 bridgehead atoms. The molecule has 3 aromatic rings. The molecule has 31 heavy (non-hydrogen) atoms. The van der Waals surface area contributed by atoms with Gasteiger partial charge in [0.05, 0.1) is 25.0 Å². The maximum Gasteiger partial charge on any atom is 0.260 e. The third-order valence-electron chi connectivity index (χ3n) is 5.30. The molecule has 1 amide bonds. The maximum atomic E-state index is 13.8. The van der Waals surface area contributed by atoms with Crippen molar-refractivity contribution < 1.29 is 23.0 Å². The Hall–Kier alpha value is -2.62. The Bertz CT molecular complexity index is 1100. The standard InChI is InChI=1S/C22H23F2N3O3S/c1-14-3-6-18(29-2)19-20(14)31-22(25-19)27(8-7-26-9-11-30-12-10-26)21(28)15-4-5-16(23)17(24)13-15/h3-6,13H,7-12H2,1-2H3. The lowest BCUT2D eigenvalue weighted by Gasteiger charge is -2.29. The van der Waals surface area contributed by atoms with Crippen molar-refractivity contribution >= 4 is 32.6 Å². The van der Waals surface area contributed by atoms with Crippen LogP contribution in [0, 0.1) is 18.6 Å². The third kappa shape index (κ3) is 4.53. The number of aryl methyl sites for hydroxylation is 1. The van der Waals surface area contributed by atoms with Gasteiger partial charge in [0.25, 0.3) is 5.91 Å². The summed E-state index contributed by atoms with van der Waals surface area (Å²) in [6.07, 6.45) is 0. The predicted octanol–water partition coefficient (Wildman–Crippen LogP) is 3.87. The Labute approximate surface area is 183 Å². The van der Waals surface area contributed by atoms with E-state index < -0.39 is 17.5 Å². The number of aromatic nitrogens is 1. The normalized spacial score (nSPS) is 14.7. The Morgan fingerprint density at radius 3 is 2.71 bits per heavy atom. The fourth-order valence-electron chi connectivity index (χ4n) is 3.51. The molecule has 0 N–H and O–H groups in total. The zero-order valence-corrected chi connectivity index (χ0v) is 18.2. The van der Waals surface area contributed by atoms with Crippen molar-refractivity contribution in [2.24, 2.45) is 0 Å². The summed E-state index contributed by atoms with van der Waals surface area (Å²) in [5.41, 5.74) is 1.77. The number of ether oxygens (including phenoxy) is 2. The number of carbonyl (C=O) groups is 1. The fourth-order valence-corrected chi connectivity index (χ4v) is 4.59. The van der Waals surface area contributed by atoms with Gasteiger partial charge in [-0.15, -0.1) is 0 Å². The second-order valence-electron chi connectivity index (χ2n) is 7.30. The number of amides is 1. The molecule has 164 valence electrons. The van der Waals surface area contributed by atoms with Crippen LogP contribution in [0.2, 0.25) is 0 Å². The fraction of sp³-hybridized carbons (Fsp3) is 0.364. The molecule has 0 atom stereocenters. The average molecular weight is 448 g/mol. The molecular weight excluding hydrogens is 424 g/mol. The van der Waals surface area contributed by atoms with Crippen LogP contribution in [0.25, 0.3) is 10.2 Å². The zero-order chi connectivity index (χ0) is 22.0. The number of halogens is 2. The minimum Gasteiger partial charge on any atom is -0.494 e. The number of hydrogen-bond acceptors (Lipinski definition) is 6. The highest BCUT2D eigenvalue weighted by Crippen LogP contribution is 2.36. The summed E-state index contributed by atoms with van der Waals surface area (Å²) in [7, 11) is 1.58. The number of fused-ring (bicyclic) bond motifs is 1. The van der Waals surface area contributed by atoms with Crippen LogP contribution in [0.1, 0.15) is 15.9 Å². The minimum absolute atomic E-state index is 0.0730. The Kier molecular flexibility index (Phi) is 6.45. The van der Waals surface area contributed by atoms with Gasteiger partial charge in [-0.3, -0.25) is 14.6 Å². The van der Waals surface area contributed by atoms with Crippen molar-refractivity contribution in [2.45, 2.75) is 6.92 Å². The summed E-state index contributed by atoms with van der Waals surface area (Å²) in [5, 5.41) is 0.491. The van der Waals surface area contributed by atoms with Gasteiger partial charge in [-0.1, -0.05) is 17.4 Å². The lowest BCUT2D eigenvalue weighted by atomic mass is 10.2. The summed E-state index contributed by atoms with van der Waals surface area (Å²) >= 11 is 1.38. The molecule has 0 aliphatic carbocycles. The maximum absolute atomic E-state index is 13.8. The third-order valence-corrected chi connectivity index (χ3v) is 6.51. The van der Waals surface area contributed by atoms with Gasteiger partial charge in [0.15, 0.2) is 16.8 Å². The van der Waals surface area contributed by atoms with Crippen molar-refractivity contribution in [3.05, 3.63) is 53.1 Å². The number of anilines is 1. The quantitative estimate of drug-likeness (QED) is 0.574. The number of hydrogen-bond donors (Lipinski definition) is 0. The summed E-state index contributed by atoms with van der Waals surface area (Å²) in [6, 6.07) is 6.98. The number of benzene rings is 2. The van der Waals surface area contributed by atoms with Gasteiger partial charge < -0.3 is 9.47 Å². The van der Waals surface area contributed by atoms with E-state index in [2.05, 4.69) is 9.88 Å². The molecule has 6 nitrogen and oxygen atoms in total. The Morgan fingerprint density at radius 2 is 2.00 bits per heavy atom. The van der Waals surface area contributed by atoms with Gasteiger partial charge in [-0.2, -0.15) is 0 Å². The Balaban J connectivity index is 1.70.